The molecule has 0 saturated carbocycles. The molecule has 0 heterocycles. The average molecular weight is 574 g/mol. The number of halogens is 2. The first-order chi connectivity index (χ1) is 19.3. The third-order valence-corrected chi connectivity index (χ3v) is 6.19. The van der Waals surface area contributed by atoms with Crippen molar-refractivity contribution in [3.8, 4) is 17.6 Å². The van der Waals surface area contributed by atoms with Crippen LogP contribution in [0.3, 0.4) is 0 Å². The summed E-state index contributed by atoms with van der Waals surface area (Å²) in [4.78, 5) is 23.1. The van der Waals surface area contributed by atoms with Gasteiger partial charge in [0.1, 0.15) is 36.4 Å². The minimum Gasteiger partial charge on any atom is -0.489 e. The van der Waals surface area contributed by atoms with Crippen LogP contribution in [-0.2, 0) is 18.0 Å². The molecule has 8 nitrogen and oxygen atoms in total. The van der Waals surface area contributed by atoms with Gasteiger partial charge in [0, 0.05) is 33.4 Å². The summed E-state index contributed by atoms with van der Waals surface area (Å²) in [6.45, 7) is 0.406. The van der Waals surface area contributed by atoms with Crippen LogP contribution in [0.2, 0.25) is 10.0 Å². The Morgan fingerprint density at radius 1 is 0.925 bits per heavy atom. The molecule has 0 radical (unpaired) electrons. The van der Waals surface area contributed by atoms with E-state index in [1.165, 1.54) is 18.2 Å². The molecule has 1 amide bonds. The smallest absolute Gasteiger partial charge is 0.269 e. The normalized spacial score (nSPS) is 10.9. The summed E-state index contributed by atoms with van der Waals surface area (Å²) >= 11 is 12.1. The van der Waals surface area contributed by atoms with Gasteiger partial charge in [0.25, 0.3) is 11.6 Å². The van der Waals surface area contributed by atoms with Gasteiger partial charge in [0.05, 0.1) is 4.92 Å². The fraction of sp³-hybridized carbons (Fsp3) is 0.0667. The van der Waals surface area contributed by atoms with Gasteiger partial charge in [-0.2, -0.15) is 5.26 Å². The number of nitro benzene ring substituents is 1. The van der Waals surface area contributed by atoms with E-state index in [9.17, 15) is 20.2 Å². The van der Waals surface area contributed by atoms with E-state index in [1.54, 1.807) is 78.9 Å². The number of nitrogens with one attached hydrogen (secondary N) is 1. The Hall–Kier alpha value is -4.84. The molecule has 0 aromatic heterocycles. The molecular formula is C30H21Cl2N3O5. The Bertz CT molecular complexity index is 1600. The summed E-state index contributed by atoms with van der Waals surface area (Å²) in [5.41, 5.74) is 2.48. The van der Waals surface area contributed by atoms with E-state index >= 15 is 0 Å². The molecule has 40 heavy (non-hydrogen) atoms. The van der Waals surface area contributed by atoms with Crippen LogP contribution in [0.5, 0.6) is 11.5 Å². The molecule has 0 aliphatic heterocycles. The molecular weight excluding hydrogens is 553 g/mol. The van der Waals surface area contributed by atoms with Crippen molar-refractivity contribution >= 4 is 46.6 Å². The van der Waals surface area contributed by atoms with Crippen molar-refractivity contribution in [1.29, 1.82) is 5.26 Å². The van der Waals surface area contributed by atoms with Crippen molar-refractivity contribution in [2.45, 2.75) is 13.2 Å². The maximum Gasteiger partial charge on any atom is 0.269 e. The van der Waals surface area contributed by atoms with E-state index in [1.807, 2.05) is 6.07 Å². The van der Waals surface area contributed by atoms with E-state index in [2.05, 4.69) is 5.32 Å². The molecule has 4 aromatic rings. The number of nitrogens with zero attached hydrogens (tertiary/aromatic N) is 2. The number of rotatable bonds is 10. The first-order valence-corrected chi connectivity index (χ1v) is 12.6. The van der Waals surface area contributed by atoms with Crippen LogP contribution >= 0.6 is 23.2 Å². The number of nitriles is 1. The first kappa shape index (κ1) is 28.2. The van der Waals surface area contributed by atoms with E-state index in [-0.39, 0.29) is 24.5 Å². The van der Waals surface area contributed by atoms with Crippen LogP contribution in [0, 0.1) is 21.4 Å². The largest absolute Gasteiger partial charge is 0.489 e. The van der Waals surface area contributed by atoms with E-state index in [4.69, 9.17) is 32.7 Å². The zero-order chi connectivity index (χ0) is 28.5. The van der Waals surface area contributed by atoms with Gasteiger partial charge in [-0.25, -0.2) is 0 Å². The maximum absolute atomic E-state index is 12.7. The van der Waals surface area contributed by atoms with Gasteiger partial charge >= 0.3 is 0 Å². The molecule has 1 N–H and O–H groups in total. The summed E-state index contributed by atoms with van der Waals surface area (Å²) in [6.07, 6.45) is 1.47. The zero-order valence-electron chi connectivity index (χ0n) is 20.8. The second-order valence-corrected chi connectivity index (χ2v) is 9.30. The molecule has 0 aliphatic rings. The van der Waals surface area contributed by atoms with Crippen molar-refractivity contribution in [3.05, 3.63) is 133 Å². The summed E-state index contributed by atoms with van der Waals surface area (Å²) in [5.74, 6) is 0.551. The van der Waals surface area contributed by atoms with Gasteiger partial charge in [0.15, 0.2) is 0 Å². The molecule has 0 unspecified atom stereocenters. The first-order valence-electron chi connectivity index (χ1n) is 11.9. The summed E-state index contributed by atoms with van der Waals surface area (Å²) in [6, 6.07) is 26.8. The summed E-state index contributed by atoms with van der Waals surface area (Å²) < 4.78 is 11.4. The molecule has 200 valence electrons. The number of benzene rings is 4. The minimum atomic E-state index is -0.560. The molecule has 4 rings (SSSR count). The highest BCUT2D eigenvalue weighted by Gasteiger charge is 2.11. The minimum absolute atomic E-state index is 0.00677. The molecule has 0 bridgehead atoms. The Morgan fingerprint density at radius 3 is 2.25 bits per heavy atom. The molecule has 10 heteroatoms. The maximum atomic E-state index is 12.7. The number of anilines is 1. The van der Waals surface area contributed by atoms with Gasteiger partial charge in [0.2, 0.25) is 0 Å². The summed E-state index contributed by atoms with van der Waals surface area (Å²) in [5, 5.41) is 24.2. The predicted molar refractivity (Wildman–Crippen MR) is 153 cm³/mol. The lowest BCUT2D eigenvalue weighted by Crippen LogP contribution is -2.13. The topological polar surface area (TPSA) is 114 Å². The molecule has 0 fully saturated rings. The monoisotopic (exact) mass is 573 g/mol. The van der Waals surface area contributed by atoms with Gasteiger partial charge in [-0.1, -0.05) is 53.5 Å². The van der Waals surface area contributed by atoms with Crippen molar-refractivity contribution < 1.29 is 19.2 Å². The zero-order valence-corrected chi connectivity index (χ0v) is 22.4. The Kier molecular flexibility index (Phi) is 9.36. The van der Waals surface area contributed by atoms with Crippen LogP contribution in [-0.4, -0.2) is 10.8 Å². The molecule has 0 atom stereocenters. The van der Waals surface area contributed by atoms with Gasteiger partial charge in [-0.05, 0) is 65.7 Å². The Morgan fingerprint density at radius 2 is 1.60 bits per heavy atom. The van der Waals surface area contributed by atoms with Gasteiger partial charge < -0.3 is 14.8 Å². The standard InChI is InChI=1S/C30H21Cl2N3O5/c31-24-7-6-22(29(32)16-24)19-40-28-12-8-25(9-13-28)34-30(36)23(17-33)14-20-4-10-27(11-5-20)39-18-21-2-1-3-26(15-21)35(37)38/h1-16H,18-19H2,(H,34,36)/b23-14+. The number of carbonyl (C=O) groups excluding carboxylic acids is 1. The number of hydrogen-bond donors (Lipinski definition) is 1. The Balaban J connectivity index is 1.32. The van der Waals surface area contributed by atoms with E-state index in [0.29, 0.717) is 38.4 Å². The molecule has 4 aromatic carbocycles. The predicted octanol–water partition coefficient (Wildman–Crippen LogP) is 7.61. The molecule has 0 aliphatic carbocycles. The lowest BCUT2D eigenvalue weighted by molar-refractivity contribution is -0.384. The van der Waals surface area contributed by atoms with Crippen LogP contribution in [0.25, 0.3) is 6.08 Å². The lowest BCUT2D eigenvalue weighted by atomic mass is 10.1. The lowest BCUT2D eigenvalue weighted by Gasteiger charge is -2.10. The van der Waals surface area contributed by atoms with Gasteiger partial charge in [-0.15, -0.1) is 0 Å². The van der Waals surface area contributed by atoms with Crippen molar-refractivity contribution in [2.75, 3.05) is 5.32 Å². The second kappa shape index (κ2) is 13.3. The van der Waals surface area contributed by atoms with Crippen LogP contribution < -0.4 is 14.8 Å². The average Bonchev–Trinajstić information content (AvgIpc) is 2.96. The number of amides is 1. The number of nitro groups is 1. The second-order valence-electron chi connectivity index (χ2n) is 8.46. The highest BCUT2D eigenvalue weighted by molar-refractivity contribution is 6.35. The van der Waals surface area contributed by atoms with Gasteiger partial charge in [-0.3, -0.25) is 14.9 Å². The number of non-ortho nitro benzene ring substituents is 1. The number of ether oxygens (including phenoxy) is 2. The summed E-state index contributed by atoms with van der Waals surface area (Å²) in [7, 11) is 0. The highest BCUT2D eigenvalue weighted by atomic mass is 35.5. The van der Waals surface area contributed by atoms with E-state index in [0.717, 1.165) is 5.56 Å². The van der Waals surface area contributed by atoms with Crippen molar-refractivity contribution in [1.82, 2.24) is 0 Å². The van der Waals surface area contributed by atoms with Crippen molar-refractivity contribution in [2.24, 2.45) is 0 Å². The highest BCUT2D eigenvalue weighted by Crippen LogP contribution is 2.24. The molecule has 0 saturated heterocycles. The fourth-order valence-electron chi connectivity index (χ4n) is 3.53. The third kappa shape index (κ3) is 7.84. The van der Waals surface area contributed by atoms with Crippen LogP contribution in [0.4, 0.5) is 11.4 Å². The van der Waals surface area contributed by atoms with E-state index < -0.39 is 10.8 Å². The number of hydrogen-bond acceptors (Lipinski definition) is 6. The quantitative estimate of drug-likeness (QED) is 0.0903. The van der Waals surface area contributed by atoms with Crippen molar-refractivity contribution in [3.63, 3.8) is 0 Å². The fourth-order valence-corrected chi connectivity index (χ4v) is 4.00. The SMILES string of the molecule is N#C/C(=C\c1ccc(OCc2cccc([N+](=O)[O-])c2)cc1)C(=O)Nc1ccc(OCc2ccc(Cl)cc2Cl)cc1. The number of carbonyl (C=O) groups is 1. The van der Waals surface area contributed by atoms with Crippen LogP contribution in [0.15, 0.2) is 96.6 Å². The van der Waals surface area contributed by atoms with Crippen LogP contribution in [0.1, 0.15) is 16.7 Å². The third-order valence-electron chi connectivity index (χ3n) is 5.60. The Labute approximate surface area is 240 Å². The molecule has 0 spiro atoms.